The highest BCUT2D eigenvalue weighted by atomic mass is 19.1. The standard InChI is InChI=1S/C24H21FN8O2/c1-14-30-23(35-32-14)20-21(26)28-13-29-22(20)27-12-6-11-19-31-17-9-4-2-7-15(17)24(34)33(19)18-10-5-3-8-16(18)25/h2-5,7-10,13H,6,11-12H2,1H3,(H3,26,27,28,29). The number of nitrogens with one attached hydrogen (secondary N) is 1. The number of rotatable bonds is 7. The Hall–Kier alpha value is -4.67. The molecular formula is C24H21FN8O2. The fourth-order valence-electron chi connectivity index (χ4n) is 3.82. The second-order valence-corrected chi connectivity index (χ2v) is 7.80. The van der Waals surface area contributed by atoms with E-state index in [0.29, 0.717) is 53.3 Å². The number of nitrogens with two attached hydrogens (primary N) is 1. The minimum absolute atomic E-state index is 0.163. The van der Waals surface area contributed by atoms with Crippen LogP contribution < -0.4 is 16.6 Å². The second kappa shape index (κ2) is 9.29. The van der Waals surface area contributed by atoms with Crippen LogP contribution in [0.25, 0.3) is 28.0 Å². The van der Waals surface area contributed by atoms with E-state index in [1.54, 1.807) is 43.3 Å². The first-order chi connectivity index (χ1) is 17.0. The number of anilines is 2. The number of benzene rings is 2. The molecule has 176 valence electrons. The number of aromatic nitrogens is 6. The third-order valence-corrected chi connectivity index (χ3v) is 5.43. The Morgan fingerprint density at radius 3 is 2.69 bits per heavy atom. The van der Waals surface area contributed by atoms with Gasteiger partial charge in [-0.2, -0.15) is 4.98 Å². The Bertz CT molecular complexity index is 1580. The summed E-state index contributed by atoms with van der Waals surface area (Å²) in [6.07, 6.45) is 2.30. The van der Waals surface area contributed by atoms with Gasteiger partial charge in [0.05, 0.1) is 16.6 Å². The first-order valence-corrected chi connectivity index (χ1v) is 10.9. The molecule has 5 rings (SSSR count). The largest absolute Gasteiger partial charge is 0.383 e. The van der Waals surface area contributed by atoms with Gasteiger partial charge < -0.3 is 15.6 Å². The summed E-state index contributed by atoms with van der Waals surface area (Å²) < 4.78 is 21.2. The van der Waals surface area contributed by atoms with Crippen molar-refractivity contribution in [2.45, 2.75) is 19.8 Å². The first-order valence-electron chi connectivity index (χ1n) is 10.9. The van der Waals surface area contributed by atoms with Gasteiger partial charge in [-0.05, 0) is 37.6 Å². The monoisotopic (exact) mass is 472 g/mol. The molecular weight excluding hydrogens is 451 g/mol. The molecule has 0 bridgehead atoms. The van der Waals surface area contributed by atoms with Crippen LogP contribution in [0, 0.1) is 12.7 Å². The summed E-state index contributed by atoms with van der Waals surface area (Å²) in [4.78, 5) is 30.4. The van der Waals surface area contributed by atoms with Crippen molar-refractivity contribution in [1.82, 2.24) is 29.7 Å². The van der Waals surface area contributed by atoms with Crippen LogP contribution in [-0.4, -0.2) is 36.2 Å². The van der Waals surface area contributed by atoms with Crippen molar-refractivity contribution in [3.05, 3.63) is 82.7 Å². The van der Waals surface area contributed by atoms with E-state index in [4.69, 9.17) is 10.3 Å². The molecule has 0 saturated carbocycles. The fourth-order valence-corrected chi connectivity index (χ4v) is 3.82. The number of nitrogens with zero attached hydrogens (tertiary/aromatic N) is 6. The highest BCUT2D eigenvalue weighted by Gasteiger charge is 2.18. The van der Waals surface area contributed by atoms with Gasteiger partial charge in [0.2, 0.25) is 0 Å². The van der Waals surface area contributed by atoms with Gasteiger partial charge in [-0.25, -0.2) is 19.3 Å². The number of hydrogen-bond acceptors (Lipinski definition) is 9. The molecule has 0 saturated heterocycles. The maximum Gasteiger partial charge on any atom is 0.266 e. The van der Waals surface area contributed by atoms with Crippen LogP contribution in [0.4, 0.5) is 16.0 Å². The van der Waals surface area contributed by atoms with E-state index in [-0.39, 0.29) is 23.0 Å². The van der Waals surface area contributed by atoms with Crippen molar-refractivity contribution in [3.63, 3.8) is 0 Å². The zero-order valence-electron chi connectivity index (χ0n) is 18.8. The Balaban J connectivity index is 1.42. The maximum atomic E-state index is 14.6. The molecule has 0 aliphatic heterocycles. The van der Waals surface area contributed by atoms with Gasteiger partial charge in [-0.3, -0.25) is 9.36 Å². The highest BCUT2D eigenvalue weighted by molar-refractivity contribution is 5.79. The van der Waals surface area contributed by atoms with Crippen molar-refractivity contribution in [2.24, 2.45) is 0 Å². The van der Waals surface area contributed by atoms with E-state index >= 15 is 0 Å². The van der Waals surface area contributed by atoms with Crippen LogP contribution in [0.1, 0.15) is 18.1 Å². The van der Waals surface area contributed by atoms with E-state index in [2.05, 4.69) is 30.4 Å². The SMILES string of the molecule is Cc1noc(-c2c(N)ncnc2NCCCc2nc3ccccc3c(=O)n2-c2ccccc2F)n1. The van der Waals surface area contributed by atoms with Gasteiger partial charge in [-0.1, -0.05) is 29.4 Å². The normalized spacial score (nSPS) is 11.1. The van der Waals surface area contributed by atoms with Crippen LogP contribution in [0.5, 0.6) is 0 Å². The molecule has 3 heterocycles. The molecule has 0 aliphatic rings. The highest BCUT2D eigenvalue weighted by Crippen LogP contribution is 2.29. The lowest BCUT2D eigenvalue weighted by atomic mass is 10.2. The molecule has 0 amide bonds. The Morgan fingerprint density at radius 2 is 1.89 bits per heavy atom. The number of halogens is 1. The molecule has 0 atom stereocenters. The van der Waals surface area contributed by atoms with Crippen molar-refractivity contribution in [3.8, 4) is 17.1 Å². The molecule has 0 aliphatic carbocycles. The Kier molecular flexibility index (Phi) is 5.88. The summed E-state index contributed by atoms with van der Waals surface area (Å²) in [5.41, 5.74) is 6.85. The average Bonchev–Trinajstić information content (AvgIpc) is 3.28. The van der Waals surface area contributed by atoms with E-state index in [1.807, 2.05) is 6.07 Å². The number of fused-ring (bicyclic) bond motifs is 1. The minimum Gasteiger partial charge on any atom is -0.383 e. The molecule has 10 nitrogen and oxygen atoms in total. The van der Waals surface area contributed by atoms with Crippen LogP contribution >= 0.6 is 0 Å². The third kappa shape index (κ3) is 4.31. The van der Waals surface area contributed by atoms with Gasteiger partial charge in [-0.15, -0.1) is 0 Å². The van der Waals surface area contributed by atoms with Crippen molar-refractivity contribution >= 4 is 22.5 Å². The van der Waals surface area contributed by atoms with Crippen molar-refractivity contribution in [1.29, 1.82) is 0 Å². The Morgan fingerprint density at radius 1 is 1.09 bits per heavy atom. The smallest absolute Gasteiger partial charge is 0.266 e. The van der Waals surface area contributed by atoms with Crippen molar-refractivity contribution in [2.75, 3.05) is 17.6 Å². The predicted molar refractivity (Wildman–Crippen MR) is 129 cm³/mol. The van der Waals surface area contributed by atoms with Crippen LogP contribution in [0.15, 0.2) is 64.2 Å². The molecule has 2 aromatic carbocycles. The average molecular weight is 472 g/mol. The van der Waals surface area contributed by atoms with E-state index in [1.165, 1.54) is 17.0 Å². The van der Waals surface area contributed by atoms with Crippen LogP contribution in [-0.2, 0) is 6.42 Å². The van der Waals surface area contributed by atoms with Gasteiger partial charge >= 0.3 is 0 Å². The zero-order valence-corrected chi connectivity index (χ0v) is 18.8. The molecule has 11 heteroatoms. The van der Waals surface area contributed by atoms with Crippen molar-refractivity contribution < 1.29 is 8.91 Å². The lowest BCUT2D eigenvalue weighted by molar-refractivity contribution is 0.425. The topological polar surface area (TPSA) is 138 Å². The van der Waals surface area contributed by atoms with Crippen LogP contribution in [0.3, 0.4) is 0 Å². The van der Waals surface area contributed by atoms with Crippen LogP contribution in [0.2, 0.25) is 0 Å². The zero-order chi connectivity index (χ0) is 24.4. The summed E-state index contributed by atoms with van der Waals surface area (Å²) in [6, 6.07) is 13.2. The molecule has 0 spiro atoms. The molecule has 5 aromatic rings. The fraction of sp³-hybridized carbons (Fsp3) is 0.167. The van der Waals surface area contributed by atoms with Gasteiger partial charge in [0.25, 0.3) is 11.4 Å². The molecule has 0 fully saturated rings. The molecule has 3 aromatic heterocycles. The number of para-hydroxylation sites is 2. The summed E-state index contributed by atoms with van der Waals surface area (Å²) in [5, 5.41) is 7.42. The number of nitrogen functional groups attached to an aromatic ring is 1. The summed E-state index contributed by atoms with van der Waals surface area (Å²) in [6.45, 7) is 2.16. The van der Waals surface area contributed by atoms with Gasteiger partial charge in [0.1, 0.15) is 35.2 Å². The molecule has 0 unspecified atom stereocenters. The number of hydrogen-bond donors (Lipinski definition) is 2. The minimum atomic E-state index is -0.498. The maximum absolute atomic E-state index is 14.6. The second-order valence-electron chi connectivity index (χ2n) is 7.80. The quantitative estimate of drug-likeness (QED) is 0.342. The van der Waals surface area contributed by atoms with E-state index < -0.39 is 5.82 Å². The molecule has 3 N–H and O–H groups in total. The molecule has 0 radical (unpaired) electrons. The third-order valence-electron chi connectivity index (χ3n) is 5.43. The summed E-state index contributed by atoms with van der Waals surface area (Å²) >= 11 is 0. The Labute approximate surface area is 198 Å². The number of aryl methyl sites for hydroxylation is 2. The van der Waals surface area contributed by atoms with E-state index in [0.717, 1.165) is 0 Å². The predicted octanol–water partition coefficient (Wildman–Crippen LogP) is 3.30. The van der Waals surface area contributed by atoms with Gasteiger partial charge in [0.15, 0.2) is 5.82 Å². The van der Waals surface area contributed by atoms with E-state index in [9.17, 15) is 9.18 Å². The lowest BCUT2D eigenvalue weighted by Gasteiger charge is -2.15. The van der Waals surface area contributed by atoms with Gasteiger partial charge in [0, 0.05) is 13.0 Å². The molecule has 35 heavy (non-hydrogen) atoms. The summed E-state index contributed by atoms with van der Waals surface area (Å²) in [7, 11) is 0. The lowest BCUT2D eigenvalue weighted by Crippen LogP contribution is -2.25. The summed E-state index contributed by atoms with van der Waals surface area (Å²) in [5.74, 6) is 1.28. The first kappa shape index (κ1) is 22.1.